The highest BCUT2D eigenvalue weighted by Gasteiger charge is 2.15. The van der Waals surface area contributed by atoms with Gasteiger partial charge in [-0.05, 0) is 18.1 Å². The molecule has 0 saturated carbocycles. The quantitative estimate of drug-likeness (QED) is 0.802. The molecule has 1 aromatic heterocycles. The summed E-state index contributed by atoms with van der Waals surface area (Å²) in [5.41, 5.74) is 1.94. The van der Waals surface area contributed by atoms with E-state index in [1.165, 1.54) is 5.19 Å². The molecule has 0 saturated heterocycles. The van der Waals surface area contributed by atoms with E-state index in [0.717, 1.165) is 11.1 Å². The third kappa shape index (κ3) is 3.41. The molecule has 1 aromatic carbocycles. The molecule has 0 aliphatic carbocycles. The van der Waals surface area contributed by atoms with Crippen LogP contribution in [0.15, 0.2) is 41.5 Å². The molecule has 0 amide bonds. The Bertz CT molecular complexity index is 624. The number of nitrogens with zero attached hydrogens (tertiary/aromatic N) is 2. The number of hydrogen-bond donors (Lipinski definition) is 0. The minimum atomic E-state index is -1.25. The maximum atomic E-state index is 11.7. The summed E-state index contributed by atoms with van der Waals surface area (Å²) in [4.78, 5) is 15.5. The molecular weight excluding hydrogens is 252 g/mol. The number of benzene rings is 1. The lowest BCUT2D eigenvalue weighted by Crippen LogP contribution is -2.37. The van der Waals surface area contributed by atoms with Gasteiger partial charge in [0, 0.05) is 12.4 Å². The fourth-order valence-electron chi connectivity index (χ4n) is 1.99. The number of rotatable bonds is 3. The standard InChI is InChI=1S/C15H20N2OSi/c1-12-9-16-15(18)17(10-12)11-13-5-7-14(8-6-13)19(2,3)4/h5-10H,11H2,1-4H3. The summed E-state index contributed by atoms with van der Waals surface area (Å²) >= 11 is 0. The molecule has 0 fully saturated rings. The zero-order valence-corrected chi connectivity index (χ0v) is 13.0. The molecule has 4 heteroatoms. The first-order chi connectivity index (χ1) is 8.86. The second-order valence-electron chi connectivity index (χ2n) is 5.99. The van der Waals surface area contributed by atoms with Crippen molar-refractivity contribution in [3.63, 3.8) is 0 Å². The molecule has 0 aliphatic heterocycles. The molecule has 0 spiro atoms. The normalized spacial score (nSPS) is 11.6. The number of aryl methyl sites for hydroxylation is 1. The van der Waals surface area contributed by atoms with Crippen LogP contribution in [0.3, 0.4) is 0 Å². The minimum Gasteiger partial charge on any atom is -0.294 e. The minimum absolute atomic E-state index is 0.195. The second-order valence-corrected chi connectivity index (χ2v) is 11.1. The van der Waals surface area contributed by atoms with Crippen LogP contribution in [-0.2, 0) is 6.54 Å². The van der Waals surface area contributed by atoms with Crippen LogP contribution in [0.1, 0.15) is 11.1 Å². The summed E-state index contributed by atoms with van der Waals surface area (Å²) in [6.07, 6.45) is 3.45. The van der Waals surface area contributed by atoms with Crippen molar-refractivity contribution in [1.82, 2.24) is 9.55 Å². The predicted molar refractivity (Wildman–Crippen MR) is 81.8 cm³/mol. The summed E-state index contributed by atoms with van der Waals surface area (Å²) in [5, 5.41) is 1.44. The van der Waals surface area contributed by atoms with Crippen LogP contribution in [0, 0.1) is 6.92 Å². The molecule has 1 heterocycles. The molecule has 0 unspecified atom stereocenters. The predicted octanol–water partition coefficient (Wildman–Crippen LogP) is 2.15. The van der Waals surface area contributed by atoms with Crippen molar-refractivity contribution in [2.45, 2.75) is 33.1 Å². The van der Waals surface area contributed by atoms with E-state index in [-0.39, 0.29) is 5.69 Å². The SMILES string of the molecule is Cc1cnc(=O)n(Cc2ccc([Si](C)(C)C)cc2)c1. The zero-order valence-electron chi connectivity index (χ0n) is 12.0. The van der Waals surface area contributed by atoms with Crippen LogP contribution in [0.2, 0.25) is 19.6 Å². The first-order valence-corrected chi connectivity index (χ1v) is 9.99. The maximum Gasteiger partial charge on any atom is 0.347 e. The lowest BCUT2D eigenvalue weighted by atomic mass is 10.2. The highest BCUT2D eigenvalue weighted by molar-refractivity contribution is 6.88. The van der Waals surface area contributed by atoms with Gasteiger partial charge in [0.25, 0.3) is 0 Å². The van der Waals surface area contributed by atoms with Gasteiger partial charge < -0.3 is 0 Å². The molecular formula is C15H20N2OSi. The molecule has 2 aromatic rings. The lowest BCUT2D eigenvalue weighted by Gasteiger charge is -2.17. The third-order valence-electron chi connectivity index (χ3n) is 3.16. The Balaban J connectivity index is 2.25. The summed E-state index contributed by atoms with van der Waals surface area (Å²) in [5.74, 6) is 0. The van der Waals surface area contributed by atoms with E-state index in [0.29, 0.717) is 6.54 Å². The molecule has 100 valence electrons. The van der Waals surface area contributed by atoms with Gasteiger partial charge in [0.05, 0.1) is 14.6 Å². The zero-order chi connectivity index (χ0) is 14.0. The molecule has 0 atom stereocenters. The van der Waals surface area contributed by atoms with Crippen molar-refractivity contribution in [1.29, 1.82) is 0 Å². The molecule has 0 N–H and O–H groups in total. The lowest BCUT2D eigenvalue weighted by molar-refractivity contribution is 0.721. The summed E-state index contributed by atoms with van der Waals surface area (Å²) in [7, 11) is -1.25. The van der Waals surface area contributed by atoms with Gasteiger partial charge in [0.15, 0.2) is 0 Å². The van der Waals surface area contributed by atoms with E-state index in [4.69, 9.17) is 0 Å². The van der Waals surface area contributed by atoms with Gasteiger partial charge in [-0.15, -0.1) is 0 Å². The van der Waals surface area contributed by atoms with Gasteiger partial charge in [0.1, 0.15) is 0 Å². The van der Waals surface area contributed by atoms with Gasteiger partial charge in [-0.2, -0.15) is 0 Å². The van der Waals surface area contributed by atoms with Crippen LogP contribution < -0.4 is 10.9 Å². The Morgan fingerprint density at radius 1 is 1.16 bits per heavy atom. The summed E-state index contributed by atoms with van der Waals surface area (Å²) < 4.78 is 1.65. The van der Waals surface area contributed by atoms with Crippen molar-refractivity contribution >= 4 is 13.3 Å². The summed E-state index contributed by atoms with van der Waals surface area (Å²) in [6.45, 7) is 9.52. The van der Waals surface area contributed by atoms with Crippen molar-refractivity contribution in [2.24, 2.45) is 0 Å². The summed E-state index contributed by atoms with van der Waals surface area (Å²) in [6, 6.07) is 8.61. The number of hydrogen-bond acceptors (Lipinski definition) is 2. The average molecular weight is 272 g/mol. The first-order valence-electron chi connectivity index (χ1n) is 6.49. The van der Waals surface area contributed by atoms with Crippen LogP contribution in [-0.4, -0.2) is 17.6 Å². The van der Waals surface area contributed by atoms with Gasteiger partial charge in [0.2, 0.25) is 0 Å². The molecule has 0 bridgehead atoms. The smallest absolute Gasteiger partial charge is 0.294 e. The fraction of sp³-hybridized carbons (Fsp3) is 0.333. The van der Waals surface area contributed by atoms with Gasteiger partial charge in [-0.25, -0.2) is 9.78 Å². The van der Waals surface area contributed by atoms with E-state index < -0.39 is 8.07 Å². The van der Waals surface area contributed by atoms with Crippen LogP contribution in [0.4, 0.5) is 0 Å². The van der Waals surface area contributed by atoms with Gasteiger partial charge in [-0.3, -0.25) is 4.57 Å². The van der Waals surface area contributed by atoms with Crippen LogP contribution in [0.5, 0.6) is 0 Å². The van der Waals surface area contributed by atoms with E-state index in [9.17, 15) is 4.79 Å². The largest absolute Gasteiger partial charge is 0.347 e. The topological polar surface area (TPSA) is 34.9 Å². The molecule has 2 rings (SSSR count). The Hall–Kier alpha value is -1.68. The van der Waals surface area contributed by atoms with Crippen molar-refractivity contribution in [3.05, 3.63) is 58.3 Å². The highest BCUT2D eigenvalue weighted by Crippen LogP contribution is 2.05. The van der Waals surface area contributed by atoms with Crippen molar-refractivity contribution in [3.8, 4) is 0 Å². The van der Waals surface area contributed by atoms with Gasteiger partial charge in [-0.1, -0.05) is 49.1 Å². The fourth-order valence-corrected chi connectivity index (χ4v) is 3.15. The maximum absolute atomic E-state index is 11.7. The van der Waals surface area contributed by atoms with Crippen molar-refractivity contribution < 1.29 is 0 Å². The third-order valence-corrected chi connectivity index (χ3v) is 5.22. The number of aromatic nitrogens is 2. The Morgan fingerprint density at radius 3 is 2.37 bits per heavy atom. The van der Waals surface area contributed by atoms with E-state index >= 15 is 0 Å². The Kier molecular flexibility index (Phi) is 3.71. The average Bonchev–Trinajstić information content (AvgIpc) is 2.33. The van der Waals surface area contributed by atoms with Crippen LogP contribution >= 0.6 is 0 Å². The second kappa shape index (κ2) is 5.13. The Labute approximate surface area is 115 Å². The van der Waals surface area contributed by atoms with E-state index in [2.05, 4.69) is 48.9 Å². The van der Waals surface area contributed by atoms with Crippen LogP contribution in [0.25, 0.3) is 0 Å². The molecule has 3 nitrogen and oxygen atoms in total. The molecule has 19 heavy (non-hydrogen) atoms. The molecule has 0 radical (unpaired) electrons. The van der Waals surface area contributed by atoms with Gasteiger partial charge >= 0.3 is 5.69 Å². The monoisotopic (exact) mass is 272 g/mol. The van der Waals surface area contributed by atoms with E-state index in [1.54, 1.807) is 10.8 Å². The first kappa shape index (κ1) is 13.7. The van der Waals surface area contributed by atoms with E-state index in [1.807, 2.05) is 13.1 Å². The van der Waals surface area contributed by atoms with Crippen molar-refractivity contribution in [2.75, 3.05) is 0 Å². The highest BCUT2D eigenvalue weighted by atomic mass is 28.3. The molecule has 0 aliphatic rings. The Morgan fingerprint density at radius 2 is 1.79 bits per heavy atom.